The first-order valence-corrected chi connectivity index (χ1v) is 6.24. The molecule has 0 bridgehead atoms. The van der Waals surface area contributed by atoms with Crippen LogP contribution in [0.5, 0.6) is 11.5 Å². The molecule has 0 spiro atoms. The number of alkyl halides is 1. The Hall–Kier alpha value is -1.42. The van der Waals surface area contributed by atoms with Crippen LogP contribution in [0.3, 0.4) is 0 Å². The molecule has 0 radical (unpaired) electrons. The van der Waals surface area contributed by atoms with Gasteiger partial charge in [0.2, 0.25) is 0 Å². The van der Waals surface area contributed by atoms with Gasteiger partial charge in [-0.2, -0.15) is 0 Å². The molecule has 0 aromatic heterocycles. The van der Waals surface area contributed by atoms with E-state index in [0.29, 0.717) is 22.9 Å². The zero-order valence-electron chi connectivity index (χ0n) is 10.8. The number of carbonyl (C=O) groups excluding carboxylic acids is 1. The van der Waals surface area contributed by atoms with Gasteiger partial charge in [-0.1, -0.05) is 0 Å². The van der Waals surface area contributed by atoms with Crippen LogP contribution in [0.4, 0.5) is 0 Å². The summed E-state index contributed by atoms with van der Waals surface area (Å²) in [5, 5.41) is 2.86. The van der Waals surface area contributed by atoms with E-state index in [0.717, 1.165) is 6.42 Å². The Bertz CT molecular complexity index is 409. The van der Waals surface area contributed by atoms with Crippen LogP contribution in [0.2, 0.25) is 0 Å². The van der Waals surface area contributed by atoms with E-state index in [2.05, 4.69) is 5.32 Å². The molecular formula is C13H18ClNO3. The van der Waals surface area contributed by atoms with Gasteiger partial charge in [0, 0.05) is 11.9 Å². The summed E-state index contributed by atoms with van der Waals surface area (Å²) >= 11 is 5.64. The predicted molar refractivity (Wildman–Crippen MR) is 71.8 cm³/mol. The van der Waals surface area contributed by atoms with E-state index in [1.54, 1.807) is 25.3 Å². The van der Waals surface area contributed by atoms with Crippen molar-refractivity contribution in [3.63, 3.8) is 0 Å². The predicted octanol–water partition coefficient (Wildman–Crippen LogP) is 2.45. The Balaban J connectivity index is 2.88. The zero-order valence-corrected chi connectivity index (χ0v) is 11.6. The van der Waals surface area contributed by atoms with E-state index in [9.17, 15) is 4.79 Å². The van der Waals surface area contributed by atoms with Crippen LogP contribution in [-0.2, 0) is 0 Å². The summed E-state index contributed by atoms with van der Waals surface area (Å²) in [6, 6.07) is 5.13. The maximum absolute atomic E-state index is 12.1. The third-order valence-electron chi connectivity index (χ3n) is 2.57. The number of amides is 1. The van der Waals surface area contributed by atoms with E-state index < -0.39 is 0 Å². The van der Waals surface area contributed by atoms with E-state index >= 15 is 0 Å². The number of hydrogen-bond donors (Lipinski definition) is 1. The largest absolute Gasteiger partial charge is 0.497 e. The molecule has 5 heteroatoms. The van der Waals surface area contributed by atoms with Crippen molar-refractivity contribution in [3.05, 3.63) is 23.8 Å². The highest BCUT2D eigenvalue weighted by atomic mass is 35.5. The quantitative estimate of drug-likeness (QED) is 0.809. The van der Waals surface area contributed by atoms with E-state index in [-0.39, 0.29) is 11.9 Å². The monoisotopic (exact) mass is 271 g/mol. The second kappa shape index (κ2) is 7.11. The average Bonchev–Trinajstić information content (AvgIpc) is 2.38. The van der Waals surface area contributed by atoms with Gasteiger partial charge in [0.05, 0.1) is 19.8 Å². The molecule has 0 fully saturated rings. The second-order valence-electron chi connectivity index (χ2n) is 3.92. The SMILES string of the molecule is COc1ccc(OC)c(C(=O)NC(C)CCCl)c1. The molecule has 0 saturated carbocycles. The molecular weight excluding hydrogens is 254 g/mol. The van der Waals surface area contributed by atoms with Crippen LogP contribution in [0.15, 0.2) is 18.2 Å². The maximum Gasteiger partial charge on any atom is 0.255 e. The van der Waals surface area contributed by atoms with Gasteiger partial charge in [0.15, 0.2) is 0 Å². The number of ether oxygens (including phenoxy) is 2. The Morgan fingerprint density at radius 2 is 2.11 bits per heavy atom. The van der Waals surface area contributed by atoms with Crippen LogP contribution in [0.25, 0.3) is 0 Å². The number of benzene rings is 1. The molecule has 4 nitrogen and oxygen atoms in total. The van der Waals surface area contributed by atoms with E-state index in [4.69, 9.17) is 21.1 Å². The molecule has 0 aliphatic heterocycles. The van der Waals surface area contributed by atoms with Crippen molar-refractivity contribution >= 4 is 17.5 Å². The third kappa shape index (κ3) is 3.81. The molecule has 0 saturated heterocycles. The van der Waals surface area contributed by atoms with Gasteiger partial charge in [-0.15, -0.1) is 11.6 Å². The van der Waals surface area contributed by atoms with Gasteiger partial charge in [-0.3, -0.25) is 4.79 Å². The number of methoxy groups -OCH3 is 2. The maximum atomic E-state index is 12.1. The Morgan fingerprint density at radius 1 is 1.39 bits per heavy atom. The molecule has 1 aromatic carbocycles. The minimum absolute atomic E-state index is 0.0194. The highest BCUT2D eigenvalue weighted by Crippen LogP contribution is 2.23. The highest BCUT2D eigenvalue weighted by molar-refractivity contribution is 6.17. The molecule has 1 atom stereocenters. The number of halogens is 1. The lowest BCUT2D eigenvalue weighted by atomic mass is 10.1. The van der Waals surface area contributed by atoms with Crippen LogP contribution in [-0.4, -0.2) is 32.0 Å². The van der Waals surface area contributed by atoms with Gasteiger partial charge in [0.25, 0.3) is 5.91 Å². The Kier molecular flexibility index (Phi) is 5.78. The average molecular weight is 272 g/mol. The van der Waals surface area contributed by atoms with Crippen LogP contribution in [0.1, 0.15) is 23.7 Å². The molecule has 0 aliphatic rings. The molecule has 100 valence electrons. The van der Waals surface area contributed by atoms with E-state index in [1.807, 2.05) is 6.92 Å². The minimum Gasteiger partial charge on any atom is -0.497 e. The van der Waals surface area contributed by atoms with Crippen molar-refractivity contribution in [1.82, 2.24) is 5.32 Å². The fourth-order valence-corrected chi connectivity index (χ4v) is 1.86. The van der Waals surface area contributed by atoms with Crippen LogP contribution < -0.4 is 14.8 Å². The summed E-state index contributed by atoms with van der Waals surface area (Å²) in [6.07, 6.45) is 0.722. The minimum atomic E-state index is -0.191. The number of rotatable bonds is 6. The van der Waals surface area contributed by atoms with Crippen molar-refractivity contribution in [2.24, 2.45) is 0 Å². The highest BCUT2D eigenvalue weighted by Gasteiger charge is 2.15. The van der Waals surface area contributed by atoms with Crippen molar-refractivity contribution in [2.75, 3.05) is 20.1 Å². The van der Waals surface area contributed by atoms with E-state index in [1.165, 1.54) is 7.11 Å². The first-order valence-electron chi connectivity index (χ1n) is 5.71. The molecule has 18 heavy (non-hydrogen) atoms. The zero-order chi connectivity index (χ0) is 13.5. The lowest BCUT2D eigenvalue weighted by Gasteiger charge is -2.14. The summed E-state index contributed by atoms with van der Waals surface area (Å²) in [5.41, 5.74) is 0.457. The van der Waals surface area contributed by atoms with Crippen molar-refractivity contribution < 1.29 is 14.3 Å². The van der Waals surface area contributed by atoms with Gasteiger partial charge < -0.3 is 14.8 Å². The Morgan fingerprint density at radius 3 is 2.67 bits per heavy atom. The van der Waals surface area contributed by atoms with Gasteiger partial charge in [-0.25, -0.2) is 0 Å². The van der Waals surface area contributed by atoms with Gasteiger partial charge in [0.1, 0.15) is 11.5 Å². The van der Waals surface area contributed by atoms with Crippen LogP contribution in [0, 0.1) is 0 Å². The molecule has 1 N–H and O–H groups in total. The molecule has 0 heterocycles. The number of carbonyl (C=O) groups is 1. The first-order chi connectivity index (χ1) is 8.62. The second-order valence-corrected chi connectivity index (χ2v) is 4.30. The van der Waals surface area contributed by atoms with Crippen molar-refractivity contribution in [2.45, 2.75) is 19.4 Å². The van der Waals surface area contributed by atoms with Gasteiger partial charge >= 0.3 is 0 Å². The molecule has 0 aliphatic carbocycles. The smallest absolute Gasteiger partial charge is 0.255 e. The number of nitrogens with one attached hydrogen (secondary N) is 1. The number of hydrogen-bond acceptors (Lipinski definition) is 3. The summed E-state index contributed by atoms with van der Waals surface area (Å²) in [6.45, 7) is 1.91. The Labute approximate surface area is 112 Å². The summed E-state index contributed by atoms with van der Waals surface area (Å²) in [5.74, 6) is 1.46. The fraction of sp³-hybridized carbons (Fsp3) is 0.462. The lowest BCUT2D eigenvalue weighted by molar-refractivity contribution is 0.0936. The normalized spacial score (nSPS) is 11.8. The van der Waals surface area contributed by atoms with Crippen LogP contribution >= 0.6 is 11.6 Å². The summed E-state index contributed by atoms with van der Waals surface area (Å²) < 4.78 is 10.3. The van der Waals surface area contributed by atoms with Crippen molar-refractivity contribution in [1.29, 1.82) is 0 Å². The standard InChI is InChI=1S/C13H18ClNO3/c1-9(6-7-14)15-13(16)11-8-10(17-2)4-5-12(11)18-3/h4-5,8-9H,6-7H2,1-3H3,(H,15,16). The van der Waals surface area contributed by atoms with Gasteiger partial charge in [-0.05, 0) is 31.5 Å². The molecule has 1 amide bonds. The summed E-state index contributed by atoms with van der Waals surface area (Å²) in [4.78, 5) is 12.1. The lowest BCUT2D eigenvalue weighted by Crippen LogP contribution is -2.33. The van der Waals surface area contributed by atoms with Crippen molar-refractivity contribution in [3.8, 4) is 11.5 Å². The first kappa shape index (κ1) is 14.6. The third-order valence-corrected chi connectivity index (χ3v) is 2.79. The fourth-order valence-electron chi connectivity index (χ4n) is 1.53. The molecule has 1 rings (SSSR count). The topological polar surface area (TPSA) is 47.6 Å². The molecule has 1 aromatic rings. The summed E-state index contributed by atoms with van der Waals surface area (Å²) in [7, 11) is 3.08. The molecule has 1 unspecified atom stereocenters.